The zero-order chi connectivity index (χ0) is 12.8. The molecular formula is C14H21NO3. The molecule has 1 atom stereocenters. The minimum atomic E-state index is 0.285. The summed E-state index contributed by atoms with van der Waals surface area (Å²) < 4.78 is 16.3. The number of hydrogen-bond acceptors (Lipinski definition) is 4. The minimum Gasteiger partial charge on any atom is -0.491 e. The maximum atomic E-state index is 5.67. The fourth-order valence-corrected chi connectivity index (χ4v) is 1.96. The molecule has 0 saturated heterocycles. The highest BCUT2D eigenvalue weighted by Gasteiger charge is 2.23. The Hall–Kier alpha value is -1.26. The molecule has 4 heteroatoms. The molecule has 0 radical (unpaired) electrons. The highest BCUT2D eigenvalue weighted by Crippen LogP contribution is 2.35. The first-order valence-electron chi connectivity index (χ1n) is 6.55. The average Bonchev–Trinajstić information content (AvgIpc) is 2.79. The van der Waals surface area contributed by atoms with E-state index in [-0.39, 0.29) is 6.79 Å². The van der Waals surface area contributed by atoms with Crippen LogP contribution in [-0.4, -0.2) is 26.6 Å². The Bertz CT molecular complexity index is 381. The van der Waals surface area contributed by atoms with Gasteiger partial charge < -0.3 is 19.5 Å². The summed E-state index contributed by atoms with van der Waals surface area (Å²) in [4.78, 5) is 0. The Morgan fingerprint density at radius 3 is 3.06 bits per heavy atom. The second-order valence-corrected chi connectivity index (χ2v) is 4.27. The molecule has 0 amide bonds. The van der Waals surface area contributed by atoms with Gasteiger partial charge in [0.1, 0.15) is 18.1 Å². The van der Waals surface area contributed by atoms with Crippen LogP contribution in [0.15, 0.2) is 18.2 Å². The SMILES string of the molecule is CCCNC1COc2cc(OCOCC)ccc21. The largest absolute Gasteiger partial charge is 0.491 e. The number of ether oxygens (including phenoxy) is 3. The number of rotatable bonds is 7. The van der Waals surface area contributed by atoms with E-state index >= 15 is 0 Å². The van der Waals surface area contributed by atoms with Crippen LogP contribution in [0.5, 0.6) is 11.5 Å². The van der Waals surface area contributed by atoms with E-state index in [9.17, 15) is 0 Å². The fourth-order valence-electron chi connectivity index (χ4n) is 1.96. The van der Waals surface area contributed by atoms with Gasteiger partial charge in [-0.3, -0.25) is 0 Å². The second-order valence-electron chi connectivity index (χ2n) is 4.27. The van der Waals surface area contributed by atoms with Crippen molar-refractivity contribution >= 4 is 0 Å². The van der Waals surface area contributed by atoms with Gasteiger partial charge in [0, 0.05) is 18.2 Å². The topological polar surface area (TPSA) is 39.7 Å². The summed E-state index contributed by atoms with van der Waals surface area (Å²) in [5.74, 6) is 1.70. The molecule has 1 N–H and O–H groups in total. The van der Waals surface area contributed by atoms with Crippen LogP contribution in [0, 0.1) is 0 Å². The predicted octanol–water partition coefficient (Wildman–Crippen LogP) is 2.49. The van der Waals surface area contributed by atoms with E-state index in [0.717, 1.165) is 24.5 Å². The number of nitrogens with one attached hydrogen (secondary N) is 1. The van der Waals surface area contributed by atoms with Crippen molar-refractivity contribution in [1.29, 1.82) is 0 Å². The van der Waals surface area contributed by atoms with Gasteiger partial charge in [-0.1, -0.05) is 6.92 Å². The van der Waals surface area contributed by atoms with Gasteiger partial charge >= 0.3 is 0 Å². The molecule has 1 aromatic rings. The van der Waals surface area contributed by atoms with Crippen molar-refractivity contribution < 1.29 is 14.2 Å². The fraction of sp³-hybridized carbons (Fsp3) is 0.571. The number of hydrogen-bond donors (Lipinski definition) is 1. The van der Waals surface area contributed by atoms with Gasteiger partial charge in [-0.05, 0) is 32.0 Å². The van der Waals surface area contributed by atoms with Gasteiger partial charge in [0.2, 0.25) is 0 Å². The molecule has 18 heavy (non-hydrogen) atoms. The molecule has 0 fully saturated rings. The van der Waals surface area contributed by atoms with Crippen LogP contribution >= 0.6 is 0 Å². The van der Waals surface area contributed by atoms with Gasteiger partial charge in [-0.25, -0.2) is 0 Å². The van der Waals surface area contributed by atoms with Crippen molar-refractivity contribution in [2.75, 3.05) is 26.6 Å². The lowest BCUT2D eigenvalue weighted by molar-refractivity contribution is 0.0223. The monoisotopic (exact) mass is 251 g/mol. The predicted molar refractivity (Wildman–Crippen MR) is 70.1 cm³/mol. The molecular weight excluding hydrogens is 230 g/mol. The van der Waals surface area contributed by atoms with Crippen molar-refractivity contribution in [1.82, 2.24) is 5.32 Å². The summed E-state index contributed by atoms with van der Waals surface area (Å²) >= 11 is 0. The zero-order valence-corrected chi connectivity index (χ0v) is 11.1. The first-order valence-corrected chi connectivity index (χ1v) is 6.55. The lowest BCUT2D eigenvalue weighted by Gasteiger charge is -2.11. The first kappa shape index (κ1) is 13.2. The van der Waals surface area contributed by atoms with E-state index in [1.807, 2.05) is 19.1 Å². The Labute approximate surface area is 108 Å². The Balaban J connectivity index is 1.96. The van der Waals surface area contributed by atoms with Crippen LogP contribution in [0.4, 0.5) is 0 Å². The molecule has 1 aromatic carbocycles. The summed E-state index contributed by atoms with van der Waals surface area (Å²) in [7, 11) is 0. The third-order valence-corrected chi connectivity index (χ3v) is 2.92. The van der Waals surface area contributed by atoms with E-state index in [2.05, 4.69) is 18.3 Å². The van der Waals surface area contributed by atoms with Gasteiger partial charge in [-0.15, -0.1) is 0 Å². The molecule has 1 unspecified atom stereocenters. The molecule has 0 aromatic heterocycles. The van der Waals surface area contributed by atoms with Gasteiger partial charge in [-0.2, -0.15) is 0 Å². The van der Waals surface area contributed by atoms with Crippen LogP contribution in [0.25, 0.3) is 0 Å². The van der Waals surface area contributed by atoms with Crippen molar-refractivity contribution in [3.8, 4) is 11.5 Å². The molecule has 0 saturated carbocycles. The van der Waals surface area contributed by atoms with Crippen LogP contribution in [0.2, 0.25) is 0 Å². The molecule has 0 spiro atoms. The Morgan fingerprint density at radius 2 is 2.28 bits per heavy atom. The quantitative estimate of drug-likeness (QED) is 0.597. The highest BCUT2D eigenvalue weighted by molar-refractivity contribution is 5.44. The summed E-state index contributed by atoms with van der Waals surface area (Å²) in [6.07, 6.45) is 1.13. The molecule has 4 nitrogen and oxygen atoms in total. The summed E-state index contributed by atoms with van der Waals surface area (Å²) in [6, 6.07) is 6.27. The van der Waals surface area contributed by atoms with E-state index < -0.39 is 0 Å². The third-order valence-electron chi connectivity index (χ3n) is 2.92. The summed E-state index contributed by atoms with van der Waals surface area (Å²) in [5.41, 5.74) is 1.22. The van der Waals surface area contributed by atoms with Gasteiger partial charge in [0.25, 0.3) is 0 Å². The lowest BCUT2D eigenvalue weighted by Crippen LogP contribution is -2.22. The van der Waals surface area contributed by atoms with Gasteiger partial charge in [0.15, 0.2) is 6.79 Å². The molecule has 1 aliphatic rings. The maximum absolute atomic E-state index is 5.67. The lowest BCUT2D eigenvalue weighted by atomic mass is 10.1. The minimum absolute atomic E-state index is 0.285. The molecule has 0 bridgehead atoms. The molecule has 1 heterocycles. The Morgan fingerprint density at radius 1 is 1.39 bits per heavy atom. The van der Waals surface area contributed by atoms with Crippen molar-refractivity contribution in [3.05, 3.63) is 23.8 Å². The first-order chi connectivity index (χ1) is 8.85. The van der Waals surface area contributed by atoms with Crippen molar-refractivity contribution in [3.63, 3.8) is 0 Å². The van der Waals surface area contributed by atoms with Crippen LogP contribution in [-0.2, 0) is 4.74 Å². The van der Waals surface area contributed by atoms with Crippen molar-refractivity contribution in [2.24, 2.45) is 0 Å². The summed E-state index contributed by atoms with van der Waals surface area (Å²) in [6.45, 7) is 6.76. The molecule has 2 rings (SSSR count). The van der Waals surface area contributed by atoms with E-state index in [1.54, 1.807) is 0 Å². The van der Waals surface area contributed by atoms with Crippen molar-refractivity contribution in [2.45, 2.75) is 26.3 Å². The van der Waals surface area contributed by atoms with E-state index in [1.165, 1.54) is 5.56 Å². The van der Waals surface area contributed by atoms with E-state index in [4.69, 9.17) is 14.2 Å². The number of benzene rings is 1. The van der Waals surface area contributed by atoms with E-state index in [0.29, 0.717) is 19.3 Å². The summed E-state index contributed by atoms with van der Waals surface area (Å²) in [5, 5.41) is 3.47. The van der Waals surface area contributed by atoms with Crippen LogP contribution in [0.1, 0.15) is 31.9 Å². The van der Waals surface area contributed by atoms with Gasteiger partial charge in [0.05, 0.1) is 6.04 Å². The maximum Gasteiger partial charge on any atom is 0.189 e. The number of fused-ring (bicyclic) bond motifs is 1. The average molecular weight is 251 g/mol. The molecule has 1 aliphatic heterocycles. The third kappa shape index (κ3) is 3.15. The zero-order valence-electron chi connectivity index (χ0n) is 11.1. The molecule has 100 valence electrons. The normalized spacial score (nSPS) is 17.3. The second kappa shape index (κ2) is 6.61. The standard InChI is InChI=1S/C14H21NO3/c1-3-7-15-13-9-17-14-8-11(5-6-12(13)14)18-10-16-4-2/h5-6,8,13,15H,3-4,7,9-10H2,1-2H3. The van der Waals surface area contributed by atoms with Crippen LogP contribution < -0.4 is 14.8 Å². The Kier molecular flexibility index (Phi) is 4.84. The highest BCUT2D eigenvalue weighted by atomic mass is 16.7. The molecule has 0 aliphatic carbocycles. The van der Waals surface area contributed by atoms with Crippen LogP contribution in [0.3, 0.4) is 0 Å². The smallest absolute Gasteiger partial charge is 0.189 e.